The van der Waals surface area contributed by atoms with Gasteiger partial charge in [-0.2, -0.15) is 0 Å². The average Bonchev–Trinajstić information content (AvgIpc) is 3.30. The standard InChI is InChI=1S/C32H30F2N2O5/c1-17-15-32(2,16-17)36-30(38)23-11-19(7-10-25(23)34)22-14-24-26(12-20(22)13-27(37)40-4)41-29(28(24)31(39)35-3)18-5-8-21(33)9-6-18/h5-12,14,17H,13,15-16H2,1-4H3,(H,35,39)(H,36,38). The van der Waals surface area contributed by atoms with Gasteiger partial charge in [0, 0.05) is 23.5 Å². The molecule has 4 aromatic rings. The summed E-state index contributed by atoms with van der Waals surface area (Å²) >= 11 is 0. The molecule has 0 bridgehead atoms. The van der Waals surface area contributed by atoms with Gasteiger partial charge in [-0.25, -0.2) is 8.78 Å². The summed E-state index contributed by atoms with van der Waals surface area (Å²) in [5.41, 5.74) is 1.95. The Morgan fingerprint density at radius 2 is 1.68 bits per heavy atom. The zero-order valence-electron chi connectivity index (χ0n) is 23.2. The van der Waals surface area contributed by atoms with Gasteiger partial charge in [-0.15, -0.1) is 0 Å². The van der Waals surface area contributed by atoms with Crippen LogP contribution in [0.1, 0.15) is 53.0 Å². The van der Waals surface area contributed by atoms with Gasteiger partial charge in [-0.3, -0.25) is 14.4 Å². The van der Waals surface area contributed by atoms with E-state index < -0.39 is 35.0 Å². The predicted octanol–water partition coefficient (Wildman–Crippen LogP) is 6.04. The second kappa shape index (κ2) is 10.8. The van der Waals surface area contributed by atoms with Crippen molar-refractivity contribution in [3.05, 3.63) is 82.9 Å². The van der Waals surface area contributed by atoms with Crippen molar-refractivity contribution >= 4 is 28.8 Å². The SMILES string of the molecule is CNC(=O)c1c(-c2ccc(F)cc2)oc2cc(CC(=O)OC)c(-c3ccc(F)c(C(=O)NC4(C)CC(C)C4)c3)cc12. The van der Waals surface area contributed by atoms with Crippen LogP contribution in [-0.4, -0.2) is 37.5 Å². The third kappa shape index (κ3) is 5.44. The number of halogens is 2. The van der Waals surface area contributed by atoms with Crippen LogP contribution in [0.2, 0.25) is 0 Å². The van der Waals surface area contributed by atoms with Gasteiger partial charge in [0.25, 0.3) is 11.8 Å². The Kier molecular flexibility index (Phi) is 7.38. The van der Waals surface area contributed by atoms with Crippen molar-refractivity contribution in [1.29, 1.82) is 0 Å². The topological polar surface area (TPSA) is 97.6 Å². The fraction of sp³-hybridized carbons (Fsp3) is 0.281. The zero-order valence-corrected chi connectivity index (χ0v) is 23.2. The second-order valence-electron chi connectivity index (χ2n) is 10.9. The lowest BCUT2D eigenvalue weighted by molar-refractivity contribution is -0.139. The number of ether oxygens (including phenoxy) is 1. The van der Waals surface area contributed by atoms with E-state index in [4.69, 9.17) is 9.15 Å². The molecule has 41 heavy (non-hydrogen) atoms. The lowest BCUT2D eigenvalue weighted by Gasteiger charge is -2.44. The number of fused-ring (bicyclic) bond motifs is 1. The summed E-state index contributed by atoms with van der Waals surface area (Å²) in [5, 5.41) is 6.00. The minimum atomic E-state index is -0.675. The zero-order chi connectivity index (χ0) is 29.5. The third-order valence-electron chi connectivity index (χ3n) is 7.57. The first kappa shape index (κ1) is 28.0. The number of nitrogens with one attached hydrogen (secondary N) is 2. The van der Waals surface area contributed by atoms with Crippen LogP contribution < -0.4 is 10.6 Å². The molecule has 1 fully saturated rings. The predicted molar refractivity (Wildman–Crippen MR) is 150 cm³/mol. The highest BCUT2D eigenvalue weighted by molar-refractivity contribution is 6.12. The molecule has 0 spiro atoms. The van der Waals surface area contributed by atoms with Crippen LogP contribution in [0.4, 0.5) is 8.78 Å². The lowest BCUT2D eigenvalue weighted by atomic mass is 9.70. The Hall–Kier alpha value is -4.53. The molecule has 2 N–H and O–H groups in total. The number of hydrogen-bond donors (Lipinski definition) is 2. The van der Waals surface area contributed by atoms with E-state index in [1.54, 1.807) is 12.1 Å². The Labute approximate surface area is 235 Å². The summed E-state index contributed by atoms with van der Waals surface area (Å²) < 4.78 is 39.5. The normalized spacial score (nSPS) is 18.0. The quantitative estimate of drug-likeness (QED) is 0.269. The fourth-order valence-electron chi connectivity index (χ4n) is 5.77. The lowest BCUT2D eigenvalue weighted by Crippen LogP contribution is -2.54. The highest BCUT2D eigenvalue weighted by atomic mass is 19.1. The van der Waals surface area contributed by atoms with Gasteiger partial charge in [0.1, 0.15) is 23.0 Å². The number of hydrogen-bond acceptors (Lipinski definition) is 5. The molecule has 5 rings (SSSR count). The molecule has 0 radical (unpaired) electrons. The molecule has 1 aromatic heterocycles. The van der Waals surface area contributed by atoms with E-state index in [2.05, 4.69) is 17.6 Å². The molecule has 3 aromatic carbocycles. The molecular formula is C32H30F2N2O5. The first-order valence-corrected chi connectivity index (χ1v) is 13.3. The van der Waals surface area contributed by atoms with Crippen LogP contribution >= 0.6 is 0 Å². The van der Waals surface area contributed by atoms with E-state index in [0.717, 1.165) is 12.8 Å². The molecule has 1 aliphatic rings. The van der Waals surface area contributed by atoms with Crippen LogP contribution in [0.5, 0.6) is 0 Å². The molecule has 1 heterocycles. The average molecular weight is 561 g/mol. The van der Waals surface area contributed by atoms with Gasteiger partial charge < -0.3 is 19.8 Å². The van der Waals surface area contributed by atoms with Crippen molar-refractivity contribution in [2.45, 2.75) is 38.6 Å². The maximum atomic E-state index is 14.9. The minimum absolute atomic E-state index is 0.127. The van der Waals surface area contributed by atoms with Crippen molar-refractivity contribution in [2.24, 2.45) is 5.92 Å². The minimum Gasteiger partial charge on any atom is -0.469 e. The number of esters is 1. The molecule has 0 atom stereocenters. The van der Waals surface area contributed by atoms with Gasteiger partial charge in [-0.1, -0.05) is 13.0 Å². The second-order valence-corrected chi connectivity index (χ2v) is 10.9. The Bertz CT molecular complexity index is 1670. The van der Waals surface area contributed by atoms with Crippen LogP contribution in [0.3, 0.4) is 0 Å². The van der Waals surface area contributed by atoms with Crippen LogP contribution in [0.15, 0.2) is 59.0 Å². The van der Waals surface area contributed by atoms with Crippen LogP contribution in [-0.2, 0) is 16.0 Å². The smallest absolute Gasteiger partial charge is 0.310 e. The highest BCUT2D eigenvalue weighted by Crippen LogP contribution is 2.39. The number of benzene rings is 3. The molecule has 0 aliphatic heterocycles. The Balaban J connectivity index is 1.67. The first-order chi connectivity index (χ1) is 19.5. The van der Waals surface area contributed by atoms with E-state index in [0.29, 0.717) is 39.1 Å². The van der Waals surface area contributed by atoms with Crippen molar-refractivity contribution in [3.8, 4) is 22.5 Å². The number of methoxy groups -OCH3 is 1. The molecule has 0 saturated heterocycles. The molecule has 0 unspecified atom stereocenters. The maximum absolute atomic E-state index is 14.9. The summed E-state index contributed by atoms with van der Waals surface area (Å²) in [7, 11) is 2.75. The summed E-state index contributed by atoms with van der Waals surface area (Å²) in [5.74, 6) is -1.89. The summed E-state index contributed by atoms with van der Waals surface area (Å²) in [6, 6.07) is 13.0. The van der Waals surface area contributed by atoms with Crippen molar-refractivity contribution in [2.75, 3.05) is 14.2 Å². The highest BCUT2D eigenvalue weighted by Gasteiger charge is 2.39. The van der Waals surface area contributed by atoms with Crippen molar-refractivity contribution < 1.29 is 32.3 Å². The first-order valence-electron chi connectivity index (χ1n) is 13.3. The molecule has 212 valence electrons. The monoisotopic (exact) mass is 560 g/mol. The number of rotatable bonds is 7. The number of amides is 2. The van der Waals surface area contributed by atoms with Crippen LogP contribution in [0.25, 0.3) is 33.4 Å². The van der Waals surface area contributed by atoms with Crippen molar-refractivity contribution in [1.82, 2.24) is 10.6 Å². The number of carbonyl (C=O) groups is 3. The van der Waals surface area contributed by atoms with E-state index in [1.807, 2.05) is 6.92 Å². The molecule has 1 aliphatic carbocycles. The number of furan rings is 1. The summed E-state index contributed by atoms with van der Waals surface area (Å²) in [6.07, 6.45) is 1.47. The van der Waals surface area contributed by atoms with E-state index in [-0.39, 0.29) is 23.3 Å². The van der Waals surface area contributed by atoms with Gasteiger partial charge >= 0.3 is 5.97 Å². The molecule has 7 nitrogen and oxygen atoms in total. The fourth-order valence-corrected chi connectivity index (χ4v) is 5.77. The van der Waals surface area contributed by atoms with Gasteiger partial charge in [-0.05, 0) is 90.9 Å². The largest absolute Gasteiger partial charge is 0.469 e. The summed E-state index contributed by atoms with van der Waals surface area (Å²) in [4.78, 5) is 38.6. The Morgan fingerprint density at radius 1 is 1.00 bits per heavy atom. The van der Waals surface area contributed by atoms with Gasteiger partial charge in [0.15, 0.2) is 0 Å². The molecule has 1 saturated carbocycles. The van der Waals surface area contributed by atoms with Gasteiger partial charge in [0.2, 0.25) is 0 Å². The molecular weight excluding hydrogens is 530 g/mol. The maximum Gasteiger partial charge on any atom is 0.310 e. The Morgan fingerprint density at radius 3 is 2.32 bits per heavy atom. The van der Waals surface area contributed by atoms with Crippen LogP contribution in [0, 0.1) is 17.6 Å². The molecule has 2 amide bonds. The molecule has 9 heteroatoms. The number of carbonyl (C=O) groups excluding carboxylic acids is 3. The van der Waals surface area contributed by atoms with Gasteiger partial charge in [0.05, 0.1) is 24.7 Å². The summed E-state index contributed by atoms with van der Waals surface area (Å²) in [6.45, 7) is 4.03. The van der Waals surface area contributed by atoms with E-state index in [1.165, 1.54) is 56.6 Å². The van der Waals surface area contributed by atoms with E-state index >= 15 is 0 Å². The third-order valence-corrected chi connectivity index (χ3v) is 7.57. The van der Waals surface area contributed by atoms with Crippen molar-refractivity contribution in [3.63, 3.8) is 0 Å². The van der Waals surface area contributed by atoms with E-state index in [9.17, 15) is 23.2 Å².